The highest BCUT2D eigenvalue weighted by atomic mass is 32.1. The smallest absolute Gasteiger partial charge is 0.264 e. The first-order valence-electron chi connectivity index (χ1n) is 7.67. The Balaban J connectivity index is 1.67. The maximum Gasteiger partial charge on any atom is 0.264 e. The van der Waals surface area contributed by atoms with E-state index in [1.807, 2.05) is 36.4 Å². The summed E-state index contributed by atoms with van der Waals surface area (Å²) in [6.07, 6.45) is 0. The molecule has 1 aliphatic heterocycles. The summed E-state index contributed by atoms with van der Waals surface area (Å²) in [5.74, 6) is -0.0962. The van der Waals surface area contributed by atoms with Crippen LogP contribution in [0.3, 0.4) is 0 Å². The fourth-order valence-electron chi connectivity index (χ4n) is 2.80. The molecule has 5 nitrogen and oxygen atoms in total. The topological polar surface area (TPSA) is 71.1 Å². The van der Waals surface area contributed by atoms with E-state index >= 15 is 0 Å². The van der Waals surface area contributed by atoms with Crippen molar-refractivity contribution < 1.29 is 4.79 Å². The van der Waals surface area contributed by atoms with Gasteiger partial charge in [0.1, 0.15) is 12.1 Å². The summed E-state index contributed by atoms with van der Waals surface area (Å²) in [4.78, 5) is 16.9. The molecule has 120 valence electrons. The molecular formula is C18H16N4OS. The predicted octanol–water partition coefficient (Wildman–Crippen LogP) is 2.47. The molecule has 2 aromatic rings. The third-order valence-corrected chi connectivity index (χ3v) is 5.01. The molecule has 1 amide bonds. The van der Waals surface area contributed by atoms with Crippen LogP contribution in [0.1, 0.15) is 20.8 Å². The number of thiophene rings is 1. The Bertz CT molecular complexity index is 802. The molecule has 2 heterocycles. The van der Waals surface area contributed by atoms with E-state index in [4.69, 9.17) is 5.26 Å². The van der Waals surface area contributed by atoms with Crippen molar-refractivity contribution >= 4 is 17.2 Å². The minimum atomic E-state index is -0.321. The van der Waals surface area contributed by atoms with Gasteiger partial charge < -0.3 is 4.90 Å². The van der Waals surface area contributed by atoms with Gasteiger partial charge in [-0.15, -0.1) is 11.3 Å². The molecule has 1 aliphatic rings. The molecule has 1 saturated heterocycles. The second-order valence-corrected chi connectivity index (χ2v) is 6.57. The Morgan fingerprint density at radius 3 is 2.71 bits per heavy atom. The maximum atomic E-state index is 12.6. The lowest BCUT2D eigenvalue weighted by Crippen LogP contribution is -2.53. The first-order valence-corrected chi connectivity index (χ1v) is 8.54. The van der Waals surface area contributed by atoms with Crippen LogP contribution < -0.4 is 0 Å². The van der Waals surface area contributed by atoms with Gasteiger partial charge in [-0.3, -0.25) is 9.69 Å². The molecule has 1 aromatic carbocycles. The van der Waals surface area contributed by atoms with Gasteiger partial charge in [0, 0.05) is 31.6 Å². The molecular weight excluding hydrogens is 320 g/mol. The highest BCUT2D eigenvalue weighted by molar-refractivity contribution is 7.12. The minimum Gasteiger partial charge on any atom is -0.334 e. The largest absolute Gasteiger partial charge is 0.334 e. The molecule has 6 heteroatoms. The average Bonchev–Trinajstić information content (AvgIpc) is 3.11. The predicted molar refractivity (Wildman–Crippen MR) is 91.2 cm³/mol. The molecule has 0 aliphatic carbocycles. The van der Waals surface area contributed by atoms with Crippen LogP contribution in [-0.2, 0) is 6.54 Å². The number of hydrogen-bond donors (Lipinski definition) is 0. The first kappa shape index (κ1) is 16.2. The van der Waals surface area contributed by atoms with Gasteiger partial charge in [-0.2, -0.15) is 10.5 Å². The number of rotatable bonds is 3. The monoisotopic (exact) mass is 336 g/mol. The highest BCUT2D eigenvalue weighted by Gasteiger charge is 2.30. The van der Waals surface area contributed by atoms with Crippen LogP contribution in [-0.4, -0.2) is 41.4 Å². The van der Waals surface area contributed by atoms with Crippen LogP contribution in [0.4, 0.5) is 0 Å². The third kappa shape index (κ3) is 3.46. The number of piperazine rings is 1. The highest BCUT2D eigenvalue weighted by Crippen LogP contribution is 2.20. The summed E-state index contributed by atoms with van der Waals surface area (Å²) in [5.41, 5.74) is 1.66. The Morgan fingerprint density at radius 2 is 2.04 bits per heavy atom. The SMILES string of the molecule is N#Cc1csc(C(=O)N2CCN(Cc3ccccc3)[C@H](C#N)C2)c1. The number of carbonyl (C=O) groups is 1. The van der Waals surface area contributed by atoms with E-state index in [0.717, 1.165) is 5.56 Å². The number of hydrogen-bond acceptors (Lipinski definition) is 5. The van der Waals surface area contributed by atoms with Gasteiger partial charge in [-0.05, 0) is 11.6 Å². The van der Waals surface area contributed by atoms with Gasteiger partial charge in [0.2, 0.25) is 0 Å². The van der Waals surface area contributed by atoms with Crippen LogP contribution >= 0.6 is 11.3 Å². The van der Waals surface area contributed by atoms with Crippen molar-refractivity contribution in [1.29, 1.82) is 10.5 Å². The van der Waals surface area contributed by atoms with Crippen molar-refractivity contribution in [3.63, 3.8) is 0 Å². The standard InChI is InChI=1S/C18H16N4OS/c19-9-15-8-17(24-13-15)18(23)22-7-6-21(16(10-20)12-22)11-14-4-2-1-3-5-14/h1-5,8,13,16H,6-7,11-12H2/t16-/m1/s1. The second-order valence-electron chi connectivity index (χ2n) is 5.66. The fourth-order valence-corrected chi connectivity index (χ4v) is 3.60. The zero-order valence-corrected chi connectivity index (χ0v) is 13.9. The van der Waals surface area contributed by atoms with E-state index in [-0.39, 0.29) is 11.9 Å². The lowest BCUT2D eigenvalue weighted by atomic mass is 10.1. The van der Waals surface area contributed by atoms with Crippen molar-refractivity contribution in [2.45, 2.75) is 12.6 Å². The van der Waals surface area contributed by atoms with Crippen LogP contribution in [0.15, 0.2) is 41.8 Å². The molecule has 0 radical (unpaired) electrons. The van der Waals surface area contributed by atoms with Crippen molar-refractivity contribution in [2.75, 3.05) is 19.6 Å². The third-order valence-electron chi connectivity index (χ3n) is 4.10. The van der Waals surface area contributed by atoms with Crippen molar-refractivity contribution in [3.05, 3.63) is 57.8 Å². The van der Waals surface area contributed by atoms with Crippen LogP contribution in [0.25, 0.3) is 0 Å². The molecule has 0 bridgehead atoms. The lowest BCUT2D eigenvalue weighted by Gasteiger charge is -2.38. The molecule has 0 unspecified atom stereocenters. The summed E-state index contributed by atoms with van der Waals surface area (Å²) in [5, 5.41) is 20.0. The molecule has 3 rings (SSSR count). The molecule has 0 N–H and O–H groups in total. The van der Waals surface area contributed by atoms with E-state index in [0.29, 0.717) is 36.6 Å². The fraction of sp³-hybridized carbons (Fsp3) is 0.278. The first-order chi connectivity index (χ1) is 11.7. The van der Waals surface area contributed by atoms with Gasteiger partial charge in [0.25, 0.3) is 5.91 Å². The summed E-state index contributed by atoms with van der Waals surface area (Å²) in [6.45, 7) is 2.35. The zero-order valence-electron chi connectivity index (χ0n) is 13.1. The van der Waals surface area contributed by atoms with E-state index < -0.39 is 0 Å². The van der Waals surface area contributed by atoms with Crippen LogP contribution in [0.5, 0.6) is 0 Å². The Hall–Kier alpha value is -2.67. The van der Waals surface area contributed by atoms with E-state index in [1.165, 1.54) is 11.3 Å². The van der Waals surface area contributed by atoms with Gasteiger partial charge in [-0.25, -0.2) is 0 Å². The zero-order chi connectivity index (χ0) is 16.9. The molecule has 1 atom stereocenters. The molecule has 1 fully saturated rings. The van der Waals surface area contributed by atoms with Gasteiger partial charge in [-0.1, -0.05) is 30.3 Å². The van der Waals surface area contributed by atoms with Crippen molar-refractivity contribution in [3.8, 4) is 12.1 Å². The van der Waals surface area contributed by atoms with Crippen molar-refractivity contribution in [1.82, 2.24) is 9.80 Å². The maximum absolute atomic E-state index is 12.6. The number of amides is 1. The number of nitriles is 2. The van der Waals surface area contributed by atoms with Crippen LogP contribution in [0.2, 0.25) is 0 Å². The second kappa shape index (κ2) is 7.27. The van der Waals surface area contributed by atoms with E-state index in [1.54, 1.807) is 16.3 Å². The van der Waals surface area contributed by atoms with Gasteiger partial charge in [0.15, 0.2) is 0 Å². The Morgan fingerprint density at radius 1 is 1.25 bits per heavy atom. The lowest BCUT2D eigenvalue weighted by molar-refractivity contribution is 0.0556. The number of nitrogens with zero attached hydrogens (tertiary/aromatic N) is 4. The molecule has 1 aromatic heterocycles. The summed E-state index contributed by atoms with van der Waals surface area (Å²) in [6, 6.07) is 15.7. The van der Waals surface area contributed by atoms with E-state index in [9.17, 15) is 10.1 Å². The van der Waals surface area contributed by atoms with Crippen LogP contribution in [0, 0.1) is 22.7 Å². The van der Waals surface area contributed by atoms with E-state index in [2.05, 4.69) is 11.0 Å². The minimum absolute atomic E-state index is 0.0962. The Labute approximate surface area is 145 Å². The van der Waals surface area contributed by atoms with Crippen molar-refractivity contribution in [2.24, 2.45) is 0 Å². The molecule has 24 heavy (non-hydrogen) atoms. The summed E-state index contributed by atoms with van der Waals surface area (Å²) >= 11 is 1.28. The van der Waals surface area contributed by atoms with Gasteiger partial charge >= 0.3 is 0 Å². The van der Waals surface area contributed by atoms with Gasteiger partial charge in [0.05, 0.1) is 16.5 Å². The summed E-state index contributed by atoms with van der Waals surface area (Å²) in [7, 11) is 0. The number of benzene rings is 1. The average molecular weight is 336 g/mol. The number of carbonyl (C=O) groups excluding carboxylic acids is 1. The molecule has 0 saturated carbocycles. The Kier molecular flexibility index (Phi) is 4.90. The quantitative estimate of drug-likeness (QED) is 0.863. The summed E-state index contributed by atoms with van der Waals surface area (Å²) < 4.78 is 0. The molecule has 0 spiro atoms. The normalized spacial score (nSPS) is 17.9.